The molecule has 1 heterocycles. The Morgan fingerprint density at radius 3 is 2.80 bits per heavy atom. The summed E-state index contributed by atoms with van der Waals surface area (Å²) in [6, 6.07) is 1.79. The highest BCUT2D eigenvalue weighted by Crippen LogP contribution is 1.79. The van der Waals surface area contributed by atoms with Crippen molar-refractivity contribution in [3.05, 3.63) is 18.5 Å². The summed E-state index contributed by atoms with van der Waals surface area (Å²) in [5.74, 6) is 0.403. The van der Waals surface area contributed by atoms with E-state index in [0.29, 0.717) is 5.96 Å². The van der Waals surface area contributed by atoms with Crippen LogP contribution in [0.25, 0.3) is 0 Å². The number of rotatable bonds is 0. The molecule has 0 saturated carbocycles. The Morgan fingerprint density at radius 2 is 2.40 bits per heavy atom. The van der Waals surface area contributed by atoms with E-state index >= 15 is 0 Å². The highest BCUT2D eigenvalue weighted by Gasteiger charge is 1.89. The number of nitrogens with two attached hydrogens (primary N) is 1. The Kier molecular flexibility index (Phi) is 3.49. The lowest BCUT2D eigenvalue weighted by molar-refractivity contribution is 0.916. The normalized spacial score (nSPS) is 10.7. The first-order valence-corrected chi connectivity index (χ1v) is 2.57. The van der Waals surface area contributed by atoms with Crippen LogP contribution >= 0.6 is 12.4 Å². The molecule has 1 aromatic heterocycles. The second-order valence-electron chi connectivity index (χ2n) is 1.53. The molecule has 0 aliphatic carbocycles. The third-order valence-electron chi connectivity index (χ3n) is 0.968. The van der Waals surface area contributed by atoms with Gasteiger partial charge >= 0.3 is 0 Å². The van der Waals surface area contributed by atoms with E-state index in [-0.39, 0.29) is 12.4 Å². The van der Waals surface area contributed by atoms with Gasteiger partial charge in [-0.05, 0) is 6.07 Å². The van der Waals surface area contributed by atoms with Gasteiger partial charge in [0.15, 0.2) is 0 Å². The van der Waals surface area contributed by atoms with Gasteiger partial charge in [-0.15, -0.1) is 12.4 Å². The smallest absolute Gasteiger partial charge is 0.216 e. The van der Waals surface area contributed by atoms with Gasteiger partial charge in [-0.1, -0.05) is 0 Å². The molecule has 4 nitrogen and oxygen atoms in total. The molecule has 0 spiro atoms. The van der Waals surface area contributed by atoms with Crippen LogP contribution < -0.4 is 5.73 Å². The van der Waals surface area contributed by atoms with Gasteiger partial charge in [-0.25, -0.2) is 4.68 Å². The molecule has 5 heteroatoms. The van der Waals surface area contributed by atoms with Gasteiger partial charge in [0.2, 0.25) is 5.96 Å². The van der Waals surface area contributed by atoms with Crippen LogP contribution in [0.5, 0.6) is 0 Å². The van der Waals surface area contributed by atoms with Crippen LogP contribution in [-0.2, 0) is 0 Å². The third-order valence-corrected chi connectivity index (χ3v) is 0.968. The lowest BCUT2D eigenvalue weighted by Gasteiger charge is -1.94. The summed E-state index contributed by atoms with van der Waals surface area (Å²) in [6.07, 6.45) is 3.39. The Balaban J connectivity index is 0.000000810. The zero-order valence-corrected chi connectivity index (χ0v) is 6.38. The molecule has 0 fully saturated rings. The van der Waals surface area contributed by atoms with Crippen LogP contribution in [0.15, 0.2) is 23.5 Å². The van der Waals surface area contributed by atoms with Gasteiger partial charge in [0.05, 0.1) is 0 Å². The van der Waals surface area contributed by atoms with Crippen molar-refractivity contribution in [3.63, 3.8) is 0 Å². The first-order valence-electron chi connectivity index (χ1n) is 2.57. The molecule has 56 valence electrons. The van der Waals surface area contributed by atoms with E-state index in [1.807, 2.05) is 0 Å². The molecule has 0 aliphatic rings. The van der Waals surface area contributed by atoms with E-state index < -0.39 is 0 Å². The second kappa shape index (κ2) is 3.90. The Labute approximate surface area is 65.2 Å². The summed E-state index contributed by atoms with van der Waals surface area (Å²) in [6.45, 7) is 0. The van der Waals surface area contributed by atoms with Crippen molar-refractivity contribution < 1.29 is 0 Å². The van der Waals surface area contributed by atoms with Gasteiger partial charge in [-0.2, -0.15) is 5.10 Å². The molecule has 1 aromatic rings. The van der Waals surface area contributed by atoms with Crippen LogP contribution in [0.4, 0.5) is 0 Å². The number of aliphatic imine (C=N–C) groups is 1. The highest BCUT2D eigenvalue weighted by atomic mass is 35.5. The maximum absolute atomic E-state index is 5.39. The number of hydrogen-bond acceptors (Lipinski definition) is 2. The first kappa shape index (κ1) is 8.97. The van der Waals surface area contributed by atoms with Crippen LogP contribution in [0.2, 0.25) is 0 Å². The molecule has 0 aliphatic heterocycles. The summed E-state index contributed by atoms with van der Waals surface area (Å²) in [4.78, 5) is 3.73. The van der Waals surface area contributed by atoms with Crippen molar-refractivity contribution in [2.45, 2.75) is 0 Å². The lowest BCUT2D eigenvalue weighted by atomic mass is 10.7. The summed E-state index contributed by atoms with van der Waals surface area (Å²) >= 11 is 0. The molecule has 0 amide bonds. The summed E-state index contributed by atoms with van der Waals surface area (Å²) in [7, 11) is 1.62. The molecule has 10 heavy (non-hydrogen) atoms. The average molecular weight is 161 g/mol. The zero-order chi connectivity index (χ0) is 6.69. The number of halogens is 1. The molecule has 0 bridgehead atoms. The fourth-order valence-corrected chi connectivity index (χ4v) is 0.507. The van der Waals surface area contributed by atoms with E-state index in [2.05, 4.69) is 10.1 Å². The largest absolute Gasteiger partial charge is 0.368 e. The van der Waals surface area contributed by atoms with Gasteiger partial charge in [-0.3, -0.25) is 4.99 Å². The van der Waals surface area contributed by atoms with E-state index in [0.717, 1.165) is 0 Å². The fraction of sp³-hybridized carbons (Fsp3) is 0.200. The summed E-state index contributed by atoms with van der Waals surface area (Å²) in [5.41, 5.74) is 5.39. The monoisotopic (exact) mass is 160 g/mol. The highest BCUT2D eigenvalue weighted by molar-refractivity contribution is 5.85. The number of aromatic nitrogens is 2. The minimum Gasteiger partial charge on any atom is -0.368 e. The summed E-state index contributed by atoms with van der Waals surface area (Å²) in [5, 5.41) is 3.85. The SMILES string of the molecule is CN=C(N)n1cccn1.Cl. The molecule has 0 radical (unpaired) electrons. The molecule has 0 atom stereocenters. The zero-order valence-electron chi connectivity index (χ0n) is 5.56. The van der Waals surface area contributed by atoms with Crippen molar-refractivity contribution in [3.8, 4) is 0 Å². The van der Waals surface area contributed by atoms with Crippen molar-refractivity contribution in [1.29, 1.82) is 0 Å². The molecular formula is C5H9ClN4. The summed E-state index contributed by atoms with van der Waals surface area (Å²) < 4.78 is 1.50. The van der Waals surface area contributed by atoms with Crippen molar-refractivity contribution >= 4 is 18.4 Å². The second-order valence-corrected chi connectivity index (χ2v) is 1.53. The molecular weight excluding hydrogens is 152 g/mol. The van der Waals surface area contributed by atoms with Crippen LogP contribution in [0, 0.1) is 0 Å². The Hall–Kier alpha value is -1.03. The lowest BCUT2D eigenvalue weighted by Crippen LogP contribution is -2.22. The average Bonchev–Trinajstić information content (AvgIpc) is 2.37. The van der Waals surface area contributed by atoms with Crippen LogP contribution in [0.1, 0.15) is 0 Å². The van der Waals surface area contributed by atoms with Gasteiger partial charge in [0.1, 0.15) is 0 Å². The topological polar surface area (TPSA) is 56.2 Å². The van der Waals surface area contributed by atoms with E-state index in [1.165, 1.54) is 4.68 Å². The van der Waals surface area contributed by atoms with Crippen molar-refractivity contribution in [2.24, 2.45) is 10.7 Å². The van der Waals surface area contributed by atoms with Crippen molar-refractivity contribution in [1.82, 2.24) is 9.78 Å². The maximum Gasteiger partial charge on any atom is 0.216 e. The van der Waals surface area contributed by atoms with Gasteiger partial charge in [0, 0.05) is 19.4 Å². The maximum atomic E-state index is 5.39. The minimum absolute atomic E-state index is 0. The molecule has 1 rings (SSSR count). The quantitative estimate of drug-likeness (QED) is 0.432. The Morgan fingerprint density at radius 1 is 1.70 bits per heavy atom. The van der Waals surface area contributed by atoms with Gasteiger partial charge < -0.3 is 5.73 Å². The van der Waals surface area contributed by atoms with Crippen LogP contribution in [0.3, 0.4) is 0 Å². The van der Waals surface area contributed by atoms with Crippen LogP contribution in [-0.4, -0.2) is 22.8 Å². The predicted molar refractivity (Wildman–Crippen MR) is 42.4 cm³/mol. The minimum atomic E-state index is 0. The predicted octanol–water partition coefficient (Wildman–Crippen LogP) is 0.0975. The third kappa shape index (κ3) is 1.73. The number of hydrogen-bond donors (Lipinski definition) is 1. The molecule has 0 unspecified atom stereocenters. The first-order chi connectivity index (χ1) is 4.34. The fourth-order valence-electron chi connectivity index (χ4n) is 0.507. The van der Waals surface area contributed by atoms with E-state index in [1.54, 1.807) is 25.5 Å². The van der Waals surface area contributed by atoms with Gasteiger partial charge in [0.25, 0.3) is 0 Å². The molecule has 0 aromatic carbocycles. The molecule has 2 N–H and O–H groups in total. The standard InChI is InChI=1S/C5H8N4.ClH/c1-7-5(6)9-4-2-3-8-9;/h2-4H,1H3,(H2,6,7);1H. The molecule has 0 saturated heterocycles. The Bertz CT molecular complexity index is 203. The number of nitrogens with zero attached hydrogens (tertiary/aromatic N) is 3. The van der Waals surface area contributed by atoms with E-state index in [4.69, 9.17) is 5.73 Å². The van der Waals surface area contributed by atoms with Crippen molar-refractivity contribution in [2.75, 3.05) is 7.05 Å². The van der Waals surface area contributed by atoms with E-state index in [9.17, 15) is 0 Å².